The van der Waals surface area contributed by atoms with Crippen molar-refractivity contribution < 1.29 is 14.2 Å². The van der Waals surface area contributed by atoms with Crippen molar-refractivity contribution in [1.29, 1.82) is 0 Å². The highest BCUT2D eigenvalue weighted by Crippen LogP contribution is 2.22. The molecule has 4 heteroatoms. The number of rotatable bonds is 4. The maximum absolute atomic E-state index is 13.2. The zero-order valence-electron chi connectivity index (χ0n) is 8.27. The standard InChI is InChI=1S/C10H14FNO2/c1-3-9(14-2)10(13)7-4-5-12-6-8(7)11/h4-6,9-10,13H,3H2,1-2H3. The fourth-order valence-electron chi connectivity index (χ4n) is 1.34. The highest BCUT2D eigenvalue weighted by Gasteiger charge is 2.21. The largest absolute Gasteiger partial charge is 0.386 e. The quantitative estimate of drug-likeness (QED) is 0.802. The molecular weight excluding hydrogens is 185 g/mol. The zero-order valence-corrected chi connectivity index (χ0v) is 8.27. The van der Waals surface area contributed by atoms with E-state index in [2.05, 4.69) is 4.98 Å². The summed E-state index contributed by atoms with van der Waals surface area (Å²) in [6.07, 6.45) is 1.84. The number of halogens is 1. The second-order valence-corrected chi connectivity index (χ2v) is 3.02. The highest BCUT2D eigenvalue weighted by atomic mass is 19.1. The fraction of sp³-hybridized carbons (Fsp3) is 0.500. The van der Waals surface area contributed by atoms with E-state index in [-0.39, 0.29) is 11.7 Å². The van der Waals surface area contributed by atoms with E-state index in [0.29, 0.717) is 6.42 Å². The first-order valence-electron chi connectivity index (χ1n) is 4.51. The molecule has 0 aliphatic carbocycles. The number of ether oxygens (including phenoxy) is 1. The Hall–Kier alpha value is -1.00. The number of nitrogens with zero attached hydrogens (tertiary/aromatic N) is 1. The van der Waals surface area contributed by atoms with Crippen molar-refractivity contribution in [3.05, 3.63) is 29.8 Å². The summed E-state index contributed by atoms with van der Waals surface area (Å²) in [7, 11) is 1.50. The molecule has 0 spiro atoms. The van der Waals surface area contributed by atoms with Crippen LogP contribution in [0, 0.1) is 5.82 Å². The molecule has 0 aliphatic rings. The normalized spacial score (nSPS) is 15.1. The molecule has 1 aromatic rings. The number of aliphatic hydroxyl groups excluding tert-OH is 1. The minimum absolute atomic E-state index is 0.230. The lowest BCUT2D eigenvalue weighted by Crippen LogP contribution is -2.20. The van der Waals surface area contributed by atoms with Crippen LogP contribution in [0.3, 0.4) is 0 Å². The minimum Gasteiger partial charge on any atom is -0.386 e. The van der Waals surface area contributed by atoms with Crippen LogP contribution in [0.25, 0.3) is 0 Å². The highest BCUT2D eigenvalue weighted by molar-refractivity contribution is 5.16. The third kappa shape index (κ3) is 2.27. The third-order valence-electron chi connectivity index (χ3n) is 2.18. The molecule has 0 aromatic carbocycles. The van der Waals surface area contributed by atoms with Gasteiger partial charge in [0.2, 0.25) is 0 Å². The first-order valence-corrected chi connectivity index (χ1v) is 4.51. The van der Waals surface area contributed by atoms with Crippen molar-refractivity contribution in [3.8, 4) is 0 Å². The van der Waals surface area contributed by atoms with Crippen LogP contribution in [0.4, 0.5) is 4.39 Å². The lowest BCUT2D eigenvalue weighted by molar-refractivity contribution is -0.0165. The van der Waals surface area contributed by atoms with Gasteiger partial charge in [-0.2, -0.15) is 0 Å². The van der Waals surface area contributed by atoms with Crippen LogP contribution in [-0.2, 0) is 4.74 Å². The van der Waals surface area contributed by atoms with E-state index in [1.807, 2.05) is 6.92 Å². The second kappa shape index (κ2) is 5.02. The van der Waals surface area contributed by atoms with E-state index in [4.69, 9.17) is 4.74 Å². The summed E-state index contributed by atoms with van der Waals surface area (Å²) in [5.74, 6) is -0.504. The van der Waals surface area contributed by atoms with Gasteiger partial charge >= 0.3 is 0 Å². The fourth-order valence-corrected chi connectivity index (χ4v) is 1.34. The number of pyridine rings is 1. The van der Waals surface area contributed by atoms with Crippen molar-refractivity contribution >= 4 is 0 Å². The summed E-state index contributed by atoms with van der Waals surface area (Å²) in [6.45, 7) is 1.87. The first-order chi connectivity index (χ1) is 6.70. The monoisotopic (exact) mass is 199 g/mol. The van der Waals surface area contributed by atoms with Crippen LogP contribution in [-0.4, -0.2) is 23.3 Å². The SMILES string of the molecule is CCC(OC)C(O)c1ccncc1F. The summed E-state index contributed by atoms with van der Waals surface area (Å²) in [5, 5.41) is 9.77. The van der Waals surface area contributed by atoms with Crippen molar-refractivity contribution in [1.82, 2.24) is 4.98 Å². The molecule has 1 rings (SSSR count). The molecule has 2 unspecified atom stereocenters. The molecule has 0 radical (unpaired) electrons. The van der Waals surface area contributed by atoms with Gasteiger partial charge in [-0.25, -0.2) is 4.39 Å². The van der Waals surface area contributed by atoms with Crippen molar-refractivity contribution in [2.45, 2.75) is 25.6 Å². The predicted molar refractivity (Wildman–Crippen MR) is 50.2 cm³/mol. The Morgan fingerprint density at radius 2 is 2.36 bits per heavy atom. The molecule has 0 amide bonds. The van der Waals surface area contributed by atoms with E-state index >= 15 is 0 Å². The van der Waals surface area contributed by atoms with E-state index in [1.54, 1.807) is 0 Å². The Morgan fingerprint density at radius 3 is 2.86 bits per heavy atom. The molecule has 0 fully saturated rings. The summed E-state index contributed by atoms with van der Waals surface area (Å²) in [4.78, 5) is 3.61. The van der Waals surface area contributed by atoms with Gasteiger partial charge in [0.05, 0.1) is 12.3 Å². The van der Waals surface area contributed by atoms with Crippen molar-refractivity contribution in [2.75, 3.05) is 7.11 Å². The van der Waals surface area contributed by atoms with Crippen molar-refractivity contribution in [2.24, 2.45) is 0 Å². The molecule has 0 aliphatic heterocycles. The van der Waals surface area contributed by atoms with Crippen LogP contribution in [0.1, 0.15) is 25.0 Å². The lowest BCUT2D eigenvalue weighted by Gasteiger charge is -2.20. The number of hydrogen-bond acceptors (Lipinski definition) is 3. The number of hydrogen-bond donors (Lipinski definition) is 1. The molecule has 1 aromatic heterocycles. The summed E-state index contributed by atoms with van der Waals surface area (Å²) in [6, 6.07) is 1.46. The van der Waals surface area contributed by atoms with Gasteiger partial charge in [-0.05, 0) is 12.5 Å². The van der Waals surface area contributed by atoms with Crippen LogP contribution in [0.5, 0.6) is 0 Å². The average Bonchev–Trinajstić information content (AvgIpc) is 2.20. The van der Waals surface area contributed by atoms with Gasteiger partial charge in [0, 0.05) is 18.9 Å². The molecule has 14 heavy (non-hydrogen) atoms. The molecular formula is C10H14FNO2. The number of methoxy groups -OCH3 is 1. The molecule has 1 N–H and O–H groups in total. The molecule has 2 atom stereocenters. The van der Waals surface area contributed by atoms with Gasteiger partial charge in [0.15, 0.2) is 0 Å². The maximum atomic E-state index is 13.2. The van der Waals surface area contributed by atoms with E-state index in [1.165, 1.54) is 19.4 Å². The minimum atomic E-state index is -0.937. The van der Waals surface area contributed by atoms with Crippen molar-refractivity contribution in [3.63, 3.8) is 0 Å². The summed E-state index contributed by atoms with van der Waals surface area (Å²) < 4.78 is 18.2. The zero-order chi connectivity index (χ0) is 10.6. The third-order valence-corrected chi connectivity index (χ3v) is 2.18. The van der Waals surface area contributed by atoms with Crippen LogP contribution in [0.15, 0.2) is 18.5 Å². The first kappa shape index (κ1) is 11.1. The number of aromatic nitrogens is 1. The van der Waals surface area contributed by atoms with Crippen LogP contribution < -0.4 is 0 Å². The lowest BCUT2D eigenvalue weighted by atomic mass is 10.0. The summed E-state index contributed by atoms with van der Waals surface area (Å²) in [5.41, 5.74) is 0.230. The Bertz CT molecular complexity index is 289. The number of aliphatic hydroxyl groups is 1. The molecule has 0 bridgehead atoms. The Morgan fingerprint density at radius 1 is 1.64 bits per heavy atom. The van der Waals surface area contributed by atoms with Gasteiger partial charge < -0.3 is 9.84 Å². The van der Waals surface area contributed by atoms with Gasteiger partial charge in [0.1, 0.15) is 11.9 Å². The van der Waals surface area contributed by atoms with Gasteiger partial charge in [-0.3, -0.25) is 4.98 Å². The Balaban J connectivity index is 2.88. The average molecular weight is 199 g/mol. The second-order valence-electron chi connectivity index (χ2n) is 3.02. The molecule has 0 saturated carbocycles. The topological polar surface area (TPSA) is 42.4 Å². The predicted octanol–water partition coefficient (Wildman–Crippen LogP) is 1.68. The molecule has 0 saturated heterocycles. The summed E-state index contributed by atoms with van der Waals surface area (Å²) >= 11 is 0. The maximum Gasteiger partial charge on any atom is 0.147 e. The molecule has 3 nitrogen and oxygen atoms in total. The molecule has 78 valence electrons. The van der Waals surface area contributed by atoms with Gasteiger partial charge in [-0.1, -0.05) is 6.92 Å². The van der Waals surface area contributed by atoms with E-state index < -0.39 is 11.9 Å². The van der Waals surface area contributed by atoms with Crippen LogP contribution >= 0.6 is 0 Å². The van der Waals surface area contributed by atoms with E-state index in [0.717, 1.165) is 6.20 Å². The Kier molecular flexibility index (Phi) is 3.98. The smallest absolute Gasteiger partial charge is 0.147 e. The molecule has 1 heterocycles. The van der Waals surface area contributed by atoms with Gasteiger partial charge in [0.25, 0.3) is 0 Å². The van der Waals surface area contributed by atoms with Gasteiger partial charge in [-0.15, -0.1) is 0 Å². The Labute approximate surface area is 82.5 Å². The van der Waals surface area contributed by atoms with E-state index in [9.17, 15) is 9.50 Å². The van der Waals surface area contributed by atoms with Crippen LogP contribution in [0.2, 0.25) is 0 Å².